The molecule has 0 aliphatic carbocycles. The van der Waals surface area contributed by atoms with Gasteiger partial charge in [-0.05, 0) is 41.8 Å². The van der Waals surface area contributed by atoms with Crippen molar-refractivity contribution in [2.45, 2.75) is 32.8 Å². The fourth-order valence-electron chi connectivity index (χ4n) is 4.57. The van der Waals surface area contributed by atoms with Crippen molar-refractivity contribution >= 4 is 29.1 Å². The van der Waals surface area contributed by atoms with Crippen molar-refractivity contribution in [1.82, 2.24) is 14.5 Å². The summed E-state index contributed by atoms with van der Waals surface area (Å²) in [6, 6.07) is 21.8. The molecule has 4 aromatic rings. The first-order valence-corrected chi connectivity index (χ1v) is 13.2. The minimum Gasteiger partial charge on any atom is -0.425 e. The summed E-state index contributed by atoms with van der Waals surface area (Å²) < 4.78 is 50.6. The number of halogens is 4. The lowest BCUT2D eigenvalue weighted by Gasteiger charge is -2.34. The summed E-state index contributed by atoms with van der Waals surface area (Å²) in [7, 11) is 1.70. The van der Waals surface area contributed by atoms with E-state index in [4.69, 9.17) is 21.3 Å². The molecule has 0 radical (unpaired) electrons. The highest BCUT2D eigenvalue weighted by Crippen LogP contribution is 2.41. The van der Waals surface area contributed by atoms with Gasteiger partial charge in [-0.2, -0.15) is 4.98 Å². The quantitative estimate of drug-likeness (QED) is 0.211. The number of allylic oxidation sites excluding steroid dienone is 1. The zero-order chi connectivity index (χ0) is 29.1. The van der Waals surface area contributed by atoms with Gasteiger partial charge in [0.1, 0.15) is 17.2 Å². The number of imidazole rings is 1. The molecule has 7 nitrogen and oxygen atoms in total. The topological polar surface area (TPSA) is 59.8 Å². The molecule has 0 spiro atoms. The summed E-state index contributed by atoms with van der Waals surface area (Å²) >= 11 is 6.11. The molecule has 0 atom stereocenters. The Morgan fingerprint density at radius 2 is 1.61 bits per heavy atom. The third-order valence-electron chi connectivity index (χ3n) is 6.37. The highest BCUT2D eigenvalue weighted by Gasteiger charge is 2.38. The lowest BCUT2D eigenvalue weighted by Crippen LogP contribution is -2.44. The Hall–Kier alpha value is -4.44. The van der Waals surface area contributed by atoms with Crippen LogP contribution < -0.4 is 14.4 Å². The van der Waals surface area contributed by atoms with E-state index in [9.17, 15) is 18.0 Å². The molecule has 11 heteroatoms. The van der Waals surface area contributed by atoms with Crippen LogP contribution in [0.5, 0.6) is 17.5 Å². The predicted molar refractivity (Wildman–Crippen MR) is 150 cm³/mol. The van der Waals surface area contributed by atoms with Crippen molar-refractivity contribution in [3.8, 4) is 17.5 Å². The first-order chi connectivity index (χ1) is 19.6. The van der Waals surface area contributed by atoms with Crippen molar-refractivity contribution < 1.29 is 27.4 Å². The van der Waals surface area contributed by atoms with E-state index in [1.165, 1.54) is 18.2 Å². The van der Waals surface area contributed by atoms with Crippen LogP contribution in [0, 0.1) is 0 Å². The maximum Gasteiger partial charge on any atom is 0.573 e. The zero-order valence-electron chi connectivity index (χ0n) is 22.2. The van der Waals surface area contributed by atoms with E-state index in [-0.39, 0.29) is 30.9 Å². The van der Waals surface area contributed by atoms with Gasteiger partial charge in [-0.25, -0.2) is 4.79 Å². The standard InChI is InChI=1S/C30H26ClF3N4O3/c1-3-8-25-26-27(38(29(39)36(25)2)19-20-9-5-4-6-10-20)35-28(37(26)18-21-13-15-22(31)16-14-21)40-23-11-7-12-24(17-23)41-30(32,33)34/h4-17H,3,18-19H2,1-2H3/b25-8-. The van der Waals surface area contributed by atoms with E-state index in [0.717, 1.165) is 17.2 Å². The smallest absolute Gasteiger partial charge is 0.425 e. The average molecular weight is 583 g/mol. The van der Waals surface area contributed by atoms with Crippen molar-refractivity contribution in [3.05, 3.63) is 107 Å². The third-order valence-corrected chi connectivity index (χ3v) is 6.63. The van der Waals surface area contributed by atoms with E-state index in [1.54, 1.807) is 33.5 Å². The Morgan fingerprint density at radius 1 is 0.927 bits per heavy atom. The highest BCUT2D eigenvalue weighted by atomic mass is 35.5. The van der Waals surface area contributed by atoms with E-state index < -0.39 is 12.1 Å². The normalized spacial score (nSPS) is 14.4. The molecule has 2 heterocycles. The molecule has 1 aliphatic heterocycles. The minimum absolute atomic E-state index is 0.0850. The number of rotatable bonds is 8. The molecule has 41 heavy (non-hydrogen) atoms. The number of nitrogens with zero attached hydrogens (tertiary/aromatic N) is 4. The molecule has 5 rings (SSSR count). The van der Waals surface area contributed by atoms with Crippen LogP contribution in [0.15, 0.2) is 84.9 Å². The summed E-state index contributed by atoms with van der Waals surface area (Å²) in [5.41, 5.74) is 3.05. The van der Waals surface area contributed by atoms with Crippen LogP contribution in [-0.2, 0) is 13.1 Å². The van der Waals surface area contributed by atoms with Crippen LogP contribution in [-0.4, -0.2) is 33.9 Å². The first kappa shape index (κ1) is 28.1. The number of fused-ring (bicyclic) bond motifs is 1. The van der Waals surface area contributed by atoms with Gasteiger partial charge in [0.15, 0.2) is 5.82 Å². The van der Waals surface area contributed by atoms with E-state index in [0.29, 0.717) is 28.7 Å². The van der Waals surface area contributed by atoms with Crippen LogP contribution >= 0.6 is 11.6 Å². The molecule has 0 N–H and O–H groups in total. The summed E-state index contributed by atoms with van der Waals surface area (Å²) in [6.45, 7) is 2.50. The van der Waals surface area contributed by atoms with Crippen LogP contribution in [0.25, 0.3) is 5.70 Å². The van der Waals surface area contributed by atoms with Crippen LogP contribution in [0.4, 0.5) is 23.8 Å². The Morgan fingerprint density at radius 3 is 2.29 bits per heavy atom. The molecular weight excluding hydrogens is 557 g/mol. The first-order valence-electron chi connectivity index (χ1n) is 12.8. The number of carbonyl (C=O) groups is 1. The molecule has 0 fully saturated rings. The number of amides is 2. The third kappa shape index (κ3) is 6.33. The van der Waals surface area contributed by atoms with Gasteiger partial charge in [0.05, 0.1) is 18.8 Å². The van der Waals surface area contributed by atoms with E-state index in [1.807, 2.05) is 55.5 Å². The molecule has 0 unspecified atom stereocenters. The van der Waals surface area contributed by atoms with Crippen LogP contribution in [0.3, 0.4) is 0 Å². The molecule has 1 aliphatic rings. The van der Waals surface area contributed by atoms with Gasteiger partial charge in [-0.15, -0.1) is 13.2 Å². The monoisotopic (exact) mass is 582 g/mol. The number of ether oxygens (including phenoxy) is 2. The number of hydrogen-bond donors (Lipinski definition) is 0. The molecule has 212 valence electrons. The number of hydrogen-bond acceptors (Lipinski definition) is 4. The van der Waals surface area contributed by atoms with Gasteiger partial charge < -0.3 is 9.47 Å². The fourth-order valence-corrected chi connectivity index (χ4v) is 4.69. The van der Waals surface area contributed by atoms with Crippen molar-refractivity contribution in [2.75, 3.05) is 11.9 Å². The van der Waals surface area contributed by atoms with Gasteiger partial charge in [0.2, 0.25) is 0 Å². The Kier molecular flexibility index (Phi) is 7.94. The molecule has 1 aromatic heterocycles. The van der Waals surface area contributed by atoms with Crippen molar-refractivity contribution in [3.63, 3.8) is 0 Å². The Bertz CT molecular complexity index is 1570. The van der Waals surface area contributed by atoms with Crippen molar-refractivity contribution in [1.29, 1.82) is 0 Å². The van der Waals surface area contributed by atoms with Gasteiger partial charge in [-0.1, -0.05) is 73.1 Å². The van der Waals surface area contributed by atoms with Crippen LogP contribution in [0.1, 0.15) is 30.2 Å². The molecule has 3 aromatic carbocycles. The van der Waals surface area contributed by atoms with E-state index in [2.05, 4.69) is 4.74 Å². The molecule has 0 bridgehead atoms. The number of benzene rings is 3. The van der Waals surface area contributed by atoms with E-state index >= 15 is 0 Å². The van der Waals surface area contributed by atoms with Gasteiger partial charge >= 0.3 is 18.4 Å². The average Bonchev–Trinajstić information content (AvgIpc) is 3.27. The molecule has 0 saturated carbocycles. The number of urea groups is 1. The number of anilines is 1. The minimum atomic E-state index is -4.85. The second-order valence-corrected chi connectivity index (χ2v) is 9.75. The largest absolute Gasteiger partial charge is 0.573 e. The fraction of sp³-hybridized carbons (Fsp3) is 0.200. The second-order valence-electron chi connectivity index (χ2n) is 9.31. The Balaban J connectivity index is 1.65. The van der Waals surface area contributed by atoms with Crippen LogP contribution in [0.2, 0.25) is 5.02 Å². The summed E-state index contributed by atoms with van der Waals surface area (Å²) in [5.74, 6) is 0.0350. The summed E-state index contributed by atoms with van der Waals surface area (Å²) in [5, 5.41) is 0.574. The molecule has 0 saturated heterocycles. The van der Waals surface area contributed by atoms with Gasteiger partial charge in [0.25, 0.3) is 0 Å². The maximum atomic E-state index is 13.6. The lowest BCUT2D eigenvalue weighted by molar-refractivity contribution is -0.274. The number of carbonyl (C=O) groups excluding carboxylic acids is 1. The predicted octanol–water partition coefficient (Wildman–Crippen LogP) is 8.10. The zero-order valence-corrected chi connectivity index (χ0v) is 23.0. The second kappa shape index (κ2) is 11.6. The van der Waals surface area contributed by atoms with Gasteiger partial charge in [-0.3, -0.25) is 14.4 Å². The maximum absolute atomic E-state index is 13.6. The van der Waals surface area contributed by atoms with Crippen molar-refractivity contribution in [2.24, 2.45) is 0 Å². The summed E-state index contributed by atoms with van der Waals surface area (Å²) in [6.07, 6.45) is -2.28. The highest BCUT2D eigenvalue weighted by molar-refractivity contribution is 6.30. The number of aromatic nitrogens is 2. The SMILES string of the molecule is CC/C=C1/c2c(nc(Oc3cccc(OC(F)(F)F)c3)n2Cc2ccc(Cl)cc2)N(Cc2ccccc2)C(=O)N1C. The lowest BCUT2D eigenvalue weighted by atomic mass is 10.1. The Labute approximate surface area is 240 Å². The molecule has 2 amide bonds. The van der Waals surface area contributed by atoms with Gasteiger partial charge in [0, 0.05) is 18.1 Å². The number of alkyl halides is 3. The molecular formula is C30H26ClF3N4O3. The summed E-state index contributed by atoms with van der Waals surface area (Å²) in [4.78, 5) is 21.5.